The molecule has 0 radical (unpaired) electrons. The number of esters is 1. The predicted octanol–water partition coefficient (Wildman–Crippen LogP) is 2.84. The van der Waals surface area contributed by atoms with E-state index in [2.05, 4.69) is 5.32 Å². The molecule has 8 nitrogen and oxygen atoms in total. The van der Waals surface area contributed by atoms with Crippen LogP contribution in [0.1, 0.15) is 26.3 Å². The number of nitrogens with zero attached hydrogens (tertiary/aromatic N) is 1. The van der Waals surface area contributed by atoms with Crippen molar-refractivity contribution in [1.29, 1.82) is 0 Å². The molecule has 0 heterocycles. The molecule has 0 spiro atoms. The van der Waals surface area contributed by atoms with Gasteiger partial charge in [0.25, 0.3) is 5.91 Å². The van der Waals surface area contributed by atoms with Crippen molar-refractivity contribution in [3.63, 3.8) is 0 Å². The summed E-state index contributed by atoms with van der Waals surface area (Å²) in [5.74, 6) is -0.672. The first kappa shape index (κ1) is 24.4. The van der Waals surface area contributed by atoms with Crippen LogP contribution >= 0.6 is 0 Å². The van der Waals surface area contributed by atoms with Gasteiger partial charge < -0.3 is 14.8 Å². The zero-order chi connectivity index (χ0) is 22.9. The average molecular weight is 449 g/mol. The van der Waals surface area contributed by atoms with Gasteiger partial charge in [0, 0.05) is 18.8 Å². The van der Waals surface area contributed by atoms with E-state index in [1.165, 1.54) is 28.6 Å². The van der Waals surface area contributed by atoms with Crippen molar-refractivity contribution in [3.8, 4) is 5.75 Å². The van der Waals surface area contributed by atoms with Crippen LogP contribution < -0.4 is 10.1 Å². The summed E-state index contributed by atoms with van der Waals surface area (Å²) >= 11 is 0. The molecule has 2 rings (SSSR count). The van der Waals surface area contributed by atoms with E-state index in [-0.39, 0.29) is 11.5 Å². The van der Waals surface area contributed by atoms with Gasteiger partial charge in [-0.1, -0.05) is 32.9 Å². The fourth-order valence-electron chi connectivity index (χ4n) is 2.77. The molecule has 0 atom stereocenters. The smallest absolute Gasteiger partial charge is 0.344 e. The highest BCUT2D eigenvalue weighted by molar-refractivity contribution is 7.89. The Kier molecular flexibility index (Phi) is 9.02. The first-order chi connectivity index (χ1) is 14.8. The molecule has 9 heteroatoms. The number of nitrogens with one attached hydrogen (secondary N) is 1. The Morgan fingerprint density at radius 1 is 0.903 bits per heavy atom. The molecular formula is C22H28N2O6S. The highest BCUT2D eigenvalue weighted by atomic mass is 32.2. The minimum atomic E-state index is -3.56. The number of rotatable bonds is 11. The fourth-order valence-corrected chi connectivity index (χ4v) is 4.23. The Morgan fingerprint density at radius 3 is 2.06 bits per heavy atom. The first-order valence-corrected chi connectivity index (χ1v) is 11.5. The molecule has 0 fully saturated rings. The largest absolute Gasteiger partial charge is 0.482 e. The quantitative estimate of drug-likeness (QED) is 0.531. The maximum atomic E-state index is 12.5. The van der Waals surface area contributed by atoms with Gasteiger partial charge in [0.1, 0.15) is 5.75 Å². The van der Waals surface area contributed by atoms with Gasteiger partial charge >= 0.3 is 5.97 Å². The molecule has 0 aromatic heterocycles. The third kappa shape index (κ3) is 7.08. The lowest BCUT2D eigenvalue weighted by molar-refractivity contribution is -0.149. The van der Waals surface area contributed by atoms with Gasteiger partial charge in [-0.25, -0.2) is 13.2 Å². The minimum Gasteiger partial charge on any atom is -0.482 e. The summed E-state index contributed by atoms with van der Waals surface area (Å²) in [5, 5.41) is 2.55. The van der Waals surface area contributed by atoms with Gasteiger partial charge in [0.05, 0.1) is 4.90 Å². The molecular weight excluding hydrogens is 420 g/mol. The van der Waals surface area contributed by atoms with Crippen molar-refractivity contribution in [1.82, 2.24) is 4.31 Å². The standard InChI is InChI=1S/C22H28N2O6S/c1-4-17-7-11-19(12-8-17)29-16-22(26)30-15-21(25)23-18-9-13-20(14-10-18)31(27,28)24(5-2)6-3/h7-14H,4-6,15-16H2,1-3H3,(H,23,25). The number of amides is 1. The van der Waals surface area contributed by atoms with Crippen molar-refractivity contribution in [2.75, 3.05) is 31.6 Å². The van der Waals surface area contributed by atoms with Crippen molar-refractivity contribution in [2.24, 2.45) is 0 Å². The van der Waals surface area contributed by atoms with Crippen molar-refractivity contribution >= 4 is 27.6 Å². The van der Waals surface area contributed by atoms with Crippen molar-refractivity contribution < 1.29 is 27.5 Å². The Bertz CT molecular complexity index is 968. The number of ether oxygens (including phenoxy) is 2. The third-order valence-electron chi connectivity index (χ3n) is 4.53. The molecule has 0 aliphatic rings. The van der Waals surface area contributed by atoms with Gasteiger partial charge in [-0.05, 0) is 48.4 Å². The lowest BCUT2D eigenvalue weighted by atomic mass is 10.2. The summed E-state index contributed by atoms with van der Waals surface area (Å²) in [5.41, 5.74) is 1.55. The number of aryl methyl sites for hydroxylation is 1. The molecule has 1 amide bonds. The van der Waals surface area contributed by atoms with Crippen LogP contribution in [0, 0.1) is 0 Å². The van der Waals surface area contributed by atoms with E-state index in [9.17, 15) is 18.0 Å². The van der Waals surface area contributed by atoms with E-state index in [1.54, 1.807) is 26.0 Å². The molecule has 0 saturated heterocycles. The summed E-state index contributed by atoms with van der Waals surface area (Å²) < 4.78 is 36.5. The van der Waals surface area contributed by atoms with Crippen LogP contribution in [0.4, 0.5) is 5.69 Å². The maximum absolute atomic E-state index is 12.5. The Labute approximate surface area is 183 Å². The van der Waals surface area contributed by atoms with Crippen LogP contribution in [0.5, 0.6) is 5.75 Å². The highest BCUT2D eigenvalue weighted by Gasteiger charge is 2.21. The van der Waals surface area contributed by atoms with E-state index in [0.29, 0.717) is 24.5 Å². The number of hydrogen-bond acceptors (Lipinski definition) is 6. The Balaban J connectivity index is 1.80. The SMILES string of the molecule is CCc1ccc(OCC(=O)OCC(=O)Nc2ccc(S(=O)(=O)N(CC)CC)cc2)cc1. The monoisotopic (exact) mass is 448 g/mol. The highest BCUT2D eigenvalue weighted by Crippen LogP contribution is 2.18. The number of hydrogen-bond donors (Lipinski definition) is 1. The third-order valence-corrected chi connectivity index (χ3v) is 6.60. The molecule has 0 saturated carbocycles. The van der Waals surface area contributed by atoms with Gasteiger partial charge in [-0.15, -0.1) is 0 Å². The molecule has 0 aliphatic heterocycles. The second-order valence-corrected chi connectivity index (χ2v) is 8.55. The van der Waals surface area contributed by atoms with Crippen LogP contribution in [0.25, 0.3) is 0 Å². The second kappa shape index (κ2) is 11.5. The van der Waals surface area contributed by atoms with Crippen LogP contribution in [-0.2, 0) is 30.8 Å². The van der Waals surface area contributed by atoms with Gasteiger partial charge in [0.15, 0.2) is 13.2 Å². The van der Waals surface area contributed by atoms with E-state index in [4.69, 9.17) is 9.47 Å². The van der Waals surface area contributed by atoms with Crippen molar-refractivity contribution in [3.05, 3.63) is 54.1 Å². The maximum Gasteiger partial charge on any atom is 0.344 e. The topological polar surface area (TPSA) is 102 Å². The van der Waals surface area contributed by atoms with Crippen molar-refractivity contribution in [2.45, 2.75) is 32.1 Å². The Morgan fingerprint density at radius 2 is 1.52 bits per heavy atom. The molecule has 0 aliphatic carbocycles. The van der Waals surface area contributed by atoms with Crippen LogP contribution in [-0.4, -0.2) is 50.9 Å². The predicted molar refractivity (Wildman–Crippen MR) is 117 cm³/mol. The lowest BCUT2D eigenvalue weighted by Gasteiger charge is -2.18. The molecule has 2 aromatic rings. The molecule has 0 bridgehead atoms. The number of benzene rings is 2. The van der Waals surface area contributed by atoms with E-state index in [1.807, 2.05) is 19.1 Å². The zero-order valence-corrected chi connectivity index (χ0v) is 18.8. The van der Waals surface area contributed by atoms with Gasteiger partial charge in [0.2, 0.25) is 10.0 Å². The number of sulfonamides is 1. The van der Waals surface area contributed by atoms with E-state index in [0.717, 1.165) is 12.0 Å². The molecule has 1 N–H and O–H groups in total. The number of carbonyl (C=O) groups is 2. The molecule has 2 aromatic carbocycles. The Hall–Kier alpha value is -2.91. The normalized spacial score (nSPS) is 11.2. The molecule has 31 heavy (non-hydrogen) atoms. The second-order valence-electron chi connectivity index (χ2n) is 6.61. The summed E-state index contributed by atoms with van der Waals surface area (Å²) in [7, 11) is -3.56. The van der Waals surface area contributed by atoms with Crippen LogP contribution in [0.2, 0.25) is 0 Å². The first-order valence-electron chi connectivity index (χ1n) is 10.1. The van der Waals surface area contributed by atoms with Gasteiger partial charge in [-0.2, -0.15) is 4.31 Å². The lowest BCUT2D eigenvalue weighted by Crippen LogP contribution is -2.30. The fraction of sp³-hybridized carbons (Fsp3) is 0.364. The molecule has 0 unspecified atom stereocenters. The molecule has 168 valence electrons. The summed E-state index contributed by atoms with van der Waals surface area (Å²) in [6.07, 6.45) is 0.909. The van der Waals surface area contributed by atoms with Gasteiger partial charge in [-0.3, -0.25) is 4.79 Å². The summed E-state index contributed by atoms with van der Waals surface area (Å²) in [6, 6.07) is 13.2. The zero-order valence-electron chi connectivity index (χ0n) is 18.0. The summed E-state index contributed by atoms with van der Waals surface area (Å²) in [6.45, 7) is 5.54. The van der Waals surface area contributed by atoms with E-state index >= 15 is 0 Å². The van der Waals surface area contributed by atoms with Crippen LogP contribution in [0.3, 0.4) is 0 Å². The van der Waals surface area contributed by atoms with Crippen LogP contribution in [0.15, 0.2) is 53.4 Å². The number of anilines is 1. The van der Waals surface area contributed by atoms with E-state index < -0.39 is 28.5 Å². The summed E-state index contributed by atoms with van der Waals surface area (Å²) in [4.78, 5) is 23.9. The average Bonchev–Trinajstić information content (AvgIpc) is 2.77. The minimum absolute atomic E-state index is 0.143. The number of carbonyl (C=O) groups excluding carboxylic acids is 2.